The molecule has 2 aromatic heterocycles. The molecule has 208 valence electrons. The summed E-state index contributed by atoms with van der Waals surface area (Å²) in [5, 5.41) is 0. The summed E-state index contributed by atoms with van der Waals surface area (Å²) in [7, 11) is 3.46. The highest BCUT2D eigenvalue weighted by Crippen LogP contribution is 2.31. The lowest BCUT2D eigenvalue weighted by atomic mass is 9.86. The van der Waals surface area contributed by atoms with Gasteiger partial charge in [-0.1, -0.05) is 48.9 Å². The zero-order valence-electron chi connectivity index (χ0n) is 23.5. The van der Waals surface area contributed by atoms with Crippen LogP contribution < -0.4 is 4.74 Å². The molecule has 40 heavy (non-hydrogen) atoms. The molecule has 0 N–H and O–H groups in total. The van der Waals surface area contributed by atoms with Crippen LogP contribution in [0.1, 0.15) is 31.4 Å². The molecule has 7 nitrogen and oxygen atoms in total. The Morgan fingerprint density at radius 1 is 0.900 bits per heavy atom. The molecule has 3 heterocycles. The van der Waals surface area contributed by atoms with Gasteiger partial charge in [0.1, 0.15) is 11.4 Å². The van der Waals surface area contributed by atoms with Crippen molar-refractivity contribution in [2.75, 3.05) is 40.4 Å². The maximum absolute atomic E-state index is 13.3. The van der Waals surface area contributed by atoms with Crippen molar-refractivity contribution in [3.8, 4) is 28.1 Å². The van der Waals surface area contributed by atoms with Crippen molar-refractivity contribution in [3.05, 3.63) is 78.6 Å². The van der Waals surface area contributed by atoms with Crippen molar-refractivity contribution in [2.45, 2.75) is 38.3 Å². The van der Waals surface area contributed by atoms with Gasteiger partial charge in [-0.3, -0.25) is 9.69 Å². The maximum atomic E-state index is 13.3. The lowest BCUT2D eigenvalue weighted by Crippen LogP contribution is -2.50. The van der Waals surface area contributed by atoms with E-state index in [0.29, 0.717) is 5.91 Å². The molecule has 4 aromatic rings. The van der Waals surface area contributed by atoms with Crippen molar-refractivity contribution in [1.29, 1.82) is 0 Å². The monoisotopic (exact) mass is 538 g/mol. The van der Waals surface area contributed by atoms with E-state index in [1.54, 1.807) is 14.2 Å². The average Bonchev–Trinajstić information content (AvgIpc) is 3.39. The molecule has 0 spiro atoms. The molecule has 0 radical (unpaired) electrons. The van der Waals surface area contributed by atoms with Crippen LogP contribution in [0.25, 0.3) is 28.0 Å². The topological polar surface area (TPSA) is 59.3 Å². The lowest BCUT2D eigenvalue weighted by Gasteiger charge is -2.38. The van der Waals surface area contributed by atoms with Crippen LogP contribution in [-0.2, 0) is 16.1 Å². The lowest BCUT2D eigenvalue weighted by molar-refractivity contribution is -0.140. The number of nitrogens with zero attached hydrogens (tertiary/aromatic N) is 4. The molecule has 1 saturated heterocycles. The quantitative estimate of drug-likeness (QED) is 0.310. The SMILES string of the molecule is COc1cccc(-c2nc3ccc(-c4ccccc4)cn3c2CN2CCN(C(=O)[C@@H]3CCC[C@@H](OC)C3)CC2)c1. The number of hydrogen-bond acceptors (Lipinski definition) is 5. The second-order valence-corrected chi connectivity index (χ2v) is 11.0. The first-order chi connectivity index (χ1) is 19.6. The molecular weight excluding hydrogens is 500 g/mol. The number of amides is 1. The number of fused-ring (bicyclic) bond motifs is 1. The summed E-state index contributed by atoms with van der Waals surface area (Å²) in [6.45, 7) is 3.95. The number of imidazole rings is 1. The van der Waals surface area contributed by atoms with Gasteiger partial charge < -0.3 is 18.8 Å². The summed E-state index contributed by atoms with van der Waals surface area (Å²) in [6.07, 6.45) is 6.39. The fourth-order valence-electron chi connectivity index (χ4n) is 6.23. The van der Waals surface area contributed by atoms with E-state index in [0.717, 1.165) is 92.3 Å². The van der Waals surface area contributed by atoms with Gasteiger partial charge >= 0.3 is 0 Å². The molecule has 1 aliphatic carbocycles. The molecular formula is C33H38N4O3. The zero-order chi connectivity index (χ0) is 27.5. The normalized spacial score (nSPS) is 20.1. The first kappa shape index (κ1) is 26.5. The van der Waals surface area contributed by atoms with Gasteiger partial charge in [0.15, 0.2) is 0 Å². The van der Waals surface area contributed by atoms with Crippen LogP contribution in [0, 0.1) is 5.92 Å². The summed E-state index contributed by atoms with van der Waals surface area (Å²) < 4.78 is 13.3. The molecule has 0 bridgehead atoms. The van der Waals surface area contributed by atoms with E-state index in [4.69, 9.17) is 14.5 Å². The van der Waals surface area contributed by atoms with Gasteiger partial charge in [0.25, 0.3) is 0 Å². The first-order valence-corrected chi connectivity index (χ1v) is 14.4. The molecule has 2 fully saturated rings. The number of ether oxygens (including phenoxy) is 2. The van der Waals surface area contributed by atoms with Crippen LogP contribution in [0.2, 0.25) is 0 Å². The van der Waals surface area contributed by atoms with Crippen molar-refractivity contribution >= 4 is 11.6 Å². The Morgan fingerprint density at radius 2 is 1.70 bits per heavy atom. The summed E-state index contributed by atoms with van der Waals surface area (Å²) in [4.78, 5) is 22.9. The van der Waals surface area contributed by atoms with Gasteiger partial charge in [0.05, 0.1) is 24.6 Å². The summed E-state index contributed by atoms with van der Waals surface area (Å²) in [6, 6.07) is 22.8. The molecule has 6 rings (SSSR count). The molecule has 0 unspecified atom stereocenters. The maximum Gasteiger partial charge on any atom is 0.225 e. The molecule has 1 amide bonds. The number of hydrogen-bond donors (Lipinski definition) is 0. The first-order valence-electron chi connectivity index (χ1n) is 14.4. The zero-order valence-corrected chi connectivity index (χ0v) is 23.5. The largest absolute Gasteiger partial charge is 0.497 e. The van der Waals surface area contributed by atoms with E-state index in [1.165, 1.54) is 5.56 Å². The predicted octanol–water partition coefficient (Wildman–Crippen LogP) is 5.53. The van der Waals surface area contributed by atoms with Gasteiger partial charge in [0, 0.05) is 57.5 Å². The fraction of sp³-hybridized carbons (Fsp3) is 0.394. The fourth-order valence-corrected chi connectivity index (χ4v) is 6.23. The minimum Gasteiger partial charge on any atom is -0.497 e. The van der Waals surface area contributed by atoms with Gasteiger partial charge in [-0.2, -0.15) is 0 Å². The number of pyridine rings is 1. The van der Waals surface area contributed by atoms with Gasteiger partial charge in [0.2, 0.25) is 5.91 Å². The second-order valence-electron chi connectivity index (χ2n) is 11.0. The molecule has 2 atom stereocenters. The van der Waals surface area contributed by atoms with Crippen LogP contribution in [-0.4, -0.2) is 71.6 Å². The number of aromatic nitrogens is 2. The Hall–Kier alpha value is -3.68. The summed E-state index contributed by atoms with van der Waals surface area (Å²) in [5.41, 5.74) is 6.41. The van der Waals surface area contributed by atoms with Crippen molar-refractivity contribution < 1.29 is 14.3 Å². The number of carbonyl (C=O) groups excluding carboxylic acids is 1. The van der Waals surface area contributed by atoms with E-state index < -0.39 is 0 Å². The number of rotatable bonds is 7. The average molecular weight is 539 g/mol. The van der Waals surface area contributed by atoms with Crippen LogP contribution in [0.3, 0.4) is 0 Å². The Kier molecular flexibility index (Phi) is 7.84. The van der Waals surface area contributed by atoms with Crippen molar-refractivity contribution in [3.63, 3.8) is 0 Å². The Labute approximate surface area is 236 Å². The highest BCUT2D eigenvalue weighted by molar-refractivity contribution is 5.79. The minimum atomic E-state index is 0.0973. The second kappa shape index (κ2) is 11.8. The van der Waals surface area contributed by atoms with Crippen LogP contribution in [0.15, 0.2) is 72.9 Å². The molecule has 1 saturated carbocycles. The molecule has 2 aromatic carbocycles. The van der Waals surface area contributed by atoms with E-state index in [9.17, 15) is 4.79 Å². The molecule has 1 aliphatic heterocycles. The van der Waals surface area contributed by atoms with E-state index in [-0.39, 0.29) is 12.0 Å². The minimum absolute atomic E-state index is 0.0973. The number of piperazine rings is 1. The van der Waals surface area contributed by atoms with Crippen LogP contribution in [0.5, 0.6) is 5.75 Å². The van der Waals surface area contributed by atoms with Gasteiger partial charge in [-0.25, -0.2) is 4.98 Å². The third-order valence-electron chi connectivity index (χ3n) is 8.53. The Bertz CT molecular complexity index is 1460. The van der Waals surface area contributed by atoms with E-state index in [1.807, 2.05) is 18.2 Å². The third kappa shape index (κ3) is 5.49. The Balaban J connectivity index is 1.26. The van der Waals surface area contributed by atoms with E-state index >= 15 is 0 Å². The smallest absolute Gasteiger partial charge is 0.225 e. The molecule has 2 aliphatic rings. The van der Waals surface area contributed by atoms with Gasteiger partial charge in [-0.15, -0.1) is 0 Å². The van der Waals surface area contributed by atoms with Crippen molar-refractivity contribution in [1.82, 2.24) is 19.2 Å². The Morgan fingerprint density at radius 3 is 2.48 bits per heavy atom. The summed E-state index contributed by atoms with van der Waals surface area (Å²) >= 11 is 0. The molecule has 7 heteroatoms. The standard InChI is InChI=1S/C33H38N4O3/c1-39-28-12-6-10-25(20-28)32-30(37-22-27(14-15-31(37)34-32)24-8-4-3-5-9-24)23-35-16-18-36(19-17-35)33(38)26-11-7-13-29(21-26)40-2/h3-6,8-10,12,14-15,20,22,26,29H,7,11,13,16-19,21,23H2,1-2H3/t26-,29-/m1/s1. The third-order valence-corrected chi connectivity index (χ3v) is 8.53. The van der Waals surface area contributed by atoms with E-state index in [2.05, 4.69) is 68.9 Å². The number of carbonyl (C=O) groups is 1. The van der Waals surface area contributed by atoms with Crippen LogP contribution in [0.4, 0.5) is 0 Å². The van der Waals surface area contributed by atoms with Crippen LogP contribution >= 0.6 is 0 Å². The highest BCUT2D eigenvalue weighted by atomic mass is 16.5. The van der Waals surface area contributed by atoms with Crippen molar-refractivity contribution in [2.24, 2.45) is 5.92 Å². The highest BCUT2D eigenvalue weighted by Gasteiger charge is 2.32. The van der Waals surface area contributed by atoms with Gasteiger partial charge in [-0.05, 0) is 54.7 Å². The summed E-state index contributed by atoms with van der Waals surface area (Å²) in [5.74, 6) is 1.22. The number of methoxy groups -OCH3 is 2. The number of benzene rings is 2. The predicted molar refractivity (Wildman–Crippen MR) is 157 cm³/mol.